The van der Waals surface area contributed by atoms with Gasteiger partial charge in [0.1, 0.15) is 0 Å². The minimum absolute atomic E-state index is 0.593. The minimum Gasteiger partial charge on any atom is -0.388 e. The molecule has 1 N–H and O–H groups in total. The molecule has 15 heavy (non-hydrogen) atoms. The first-order valence-electron chi connectivity index (χ1n) is 5.79. The molecule has 1 heteroatoms. The molecular formula is C14H23N. The molecule has 0 spiro atoms. The van der Waals surface area contributed by atoms with Crippen molar-refractivity contribution >= 4 is 5.69 Å². The van der Waals surface area contributed by atoms with Gasteiger partial charge in [0.25, 0.3) is 0 Å². The van der Waals surface area contributed by atoms with Crippen molar-refractivity contribution in [3.63, 3.8) is 0 Å². The van der Waals surface area contributed by atoms with Gasteiger partial charge in [0.05, 0.1) is 0 Å². The van der Waals surface area contributed by atoms with Gasteiger partial charge in [-0.25, -0.2) is 0 Å². The highest BCUT2D eigenvalue weighted by Crippen LogP contribution is 2.30. The zero-order valence-corrected chi connectivity index (χ0v) is 10.8. The van der Waals surface area contributed by atoms with Crippen LogP contribution in [0.1, 0.15) is 56.2 Å². The third-order valence-electron chi connectivity index (χ3n) is 3.03. The van der Waals surface area contributed by atoms with E-state index in [0.29, 0.717) is 11.8 Å². The molecule has 0 aliphatic rings. The molecule has 0 unspecified atom stereocenters. The van der Waals surface area contributed by atoms with Crippen LogP contribution in [0.25, 0.3) is 0 Å². The van der Waals surface area contributed by atoms with E-state index < -0.39 is 0 Å². The van der Waals surface area contributed by atoms with Crippen LogP contribution in [0.2, 0.25) is 0 Å². The molecule has 0 saturated heterocycles. The third-order valence-corrected chi connectivity index (χ3v) is 3.03. The molecule has 1 rings (SSSR count). The summed E-state index contributed by atoms with van der Waals surface area (Å²) in [6.45, 7) is 11.2. The molecule has 0 bridgehead atoms. The van der Waals surface area contributed by atoms with Crippen LogP contribution in [0.15, 0.2) is 12.1 Å². The first kappa shape index (κ1) is 12.1. The molecule has 0 fully saturated rings. The Morgan fingerprint density at radius 3 is 2.00 bits per heavy atom. The van der Waals surface area contributed by atoms with E-state index in [2.05, 4.69) is 52.1 Å². The summed E-state index contributed by atoms with van der Waals surface area (Å²) in [6, 6.07) is 4.62. The molecule has 0 radical (unpaired) electrons. The van der Waals surface area contributed by atoms with Crippen LogP contribution >= 0.6 is 0 Å². The van der Waals surface area contributed by atoms with Gasteiger partial charge in [-0.15, -0.1) is 0 Å². The summed E-state index contributed by atoms with van der Waals surface area (Å²) >= 11 is 0. The zero-order chi connectivity index (χ0) is 11.6. The monoisotopic (exact) mass is 205 g/mol. The number of nitrogens with one attached hydrogen (secondary N) is 1. The Labute approximate surface area is 93.9 Å². The predicted molar refractivity (Wildman–Crippen MR) is 68.9 cm³/mol. The lowest BCUT2D eigenvalue weighted by atomic mass is 9.91. The molecule has 0 heterocycles. The fourth-order valence-corrected chi connectivity index (χ4v) is 1.95. The summed E-state index contributed by atoms with van der Waals surface area (Å²) in [4.78, 5) is 0. The fraction of sp³-hybridized carbons (Fsp3) is 0.571. The van der Waals surface area contributed by atoms with Crippen molar-refractivity contribution in [1.29, 1.82) is 0 Å². The average molecular weight is 205 g/mol. The number of benzene rings is 1. The highest BCUT2D eigenvalue weighted by atomic mass is 14.8. The van der Waals surface area contributed by atoms with Crippen LogP contribution in [0, 0.1) is 6.92 Å². The maximum Gasteiger partial charge on any atom is 0.0373 e. The largest absolute Gasteiger partial charge is 0.388 e. The summed E-state index contributed by atoms with van der Waals surface area (Å²) in [7, 11) is 2.00. The van der Waals surface area contributed by atoms with Crippen molar-refractivity contribution in [2.24, 2.45) is 0 Å². The van der Waals surface area contributed by atoms with E-state index in [1.54, 1.807) is 0 Å². The van der Waals surface area contributed by atoms with Crippen LogP contribution in [0.5, 0.6) is 0 Å². The topological polar surface area (TPSA) is 12.0 Å². The van der Waals surface area contributed by atoms with E-state index in [1.165, 1.54) is 22.4 Å². The fourth-order valence-electron chi connectivity index (χ4n) is 1.95. The first-order chi connectivity index (χ1) is 6.97. The number of anilines is 1. The lowest BCUT2D eigenvalue weighted by Crippen LogP contribution is -2.01. The van der Waals surface area contributed by atoms with Crippen molar-refractivity contribution in [2.45, 2.75) is 46.5 Å². The summed E-state index contributed by atoms with van der Waals surface area (Å²) in [5.41, 5.74) is 5.54. The van der Waals surface area contributed by atoms with Crippen molar-refractivity contribution in [2.75, 3.05) is 12.4 Å². The second kappa shape index (κ2) is 4.69. The van der Waals surface area contributed by atoms with Gasteiger partial charge in [-0.05, 0) is 41.5 Å². The second-order valence-electron chi connectivity index (χ2n) is 4.84. The Hall–Kier alpha value is -0.980. The lowest BCUT2D eigenvalue weighted by Gasteiger charge is -2.18. The van der Waals surface area contributed by atoms with Crippen LogP contribution in [0.4, 0.5) is 5.69 Å². The van der Waals surface area contributed by atoms with Crippen LogP contribution in [-0.4, -0.2) is 7.05 Å². The Morgan fingerprint density at radius 2 is 1.60 bits per heavy atom. The predicted octanol–water partition coefficient (Wildman–Crippen LogP) is 4.28. The molecule has 1 aromatic carbocycles. The minimum atomic E-state index is 0.593. The second-order valence-corrected chi connectivity index (χ2v) is 4.84. The molecule has 84 valence electrons. The maximum absolute atomic E-state index is 3.29. The van der Waals surface area contributed by atoms with E-state index >= 15 is 0 Å². The van der Waals surface area contributed by atoms with Crippen molar-refractivity contribution in [3.8, 4) is 0 Å². The summed E-state index contributed by atoms with van der Waals surface area (Å²) in [5, 5.41) is 3.29. The quantitative estimate of drug-likeness (QED) is 0.776. The standard InChI is InChI=1S/C14H23N/c1-9(2)12-7-13(10(3)4)11(5)14(8-12)15-6/h7-10,15H,1-6H3. The summed E-state index contributed by atoms with van der Waals surface area (Å²) < 4.78 is 0. The first-order valence-corrected chi connectivity index (χ1v) is 5.79. The van der Waals surface area contributed by atoms with Crippen molar-refractivity contribution < 1.29 is 0 Å². The smallest absolute Gasteiger partial charge is 0.0373 e. The highest BCUT2D eigenvalue weighted by molar-refractivity contribution is 5.57. The number of hydrogen-bond acceptors (Lipinski definition) is 1. The van der Waals surface area contributed by atoms with E-state index in [4.69, 9.17) is 0 Å². The van der Waals surface area contributed by atoms with Gasteiger partial charge in [0, 0.05) is 12.7 Å². The Kier molecular flexibility index (Phi) is 3.78. The van der Waals surface area contributed by atoms with Crippen molar-refractivity contribution in [1.82, 2.24) is 0 Å². The molecular weight excluding hydrogens is 182 g/mol. The molecule has 1 aromatic rings. The van der Waals surface area contributed by atoms with Crippen molar-refractivity contribution in [3.05, 3.63) is 28.8 Å². The summed E-state index contributed by atoms with van der Waals surface area (Å²) in [6.07, 6.45) is 0. The van der Waals surface area contributed by atoms with Gasteiger partial charge in [-0.1, -0.05) is 33.8 Å². The molecule has 0 aliphatic heterocycles. The van der Waals surface area contributed by atoms with Gasteiger partial charge >= 0.3 is 0 Å². The normalized spacial score (nSPS) is 11.2. The van der Waals surface area contributed by atoms with Crippen LogP contribution in [-0.2, 0) is 0 Å². The Morgan fingerprint density at radius 1 is 1.00 bits per heavy atom. The van der Waals surface area contributed by atoms with Crippen LogP contribution in [0.3, 0.4) is 0 Å². The van der Waals surface area contributed by atoms with Gasteiger partial charge in [0.2, 0.25) is 0 Å². The average Bonchev–Trinajstić information content (AvgIpc) is 2.17. The number of hydrogen-bond donors (Lipinski definition) is 1. The lowest BCUT2D eigenvalue weighted by molar-refractivity contribution is 0.827. The molecule has 0 amide bonds. The Balaban J connectivity index is 3.32. The molecule has 0 aromatic heterocycles. The van der Waals surface area contributed by atoms with Crippen LogP contribution < -0.4 is 5.32 Å². The van der Waals surface area contributed by atoms with E-state index in [1.807, 2.05) is 7.05 Å². The van der Waals surface area contributed by atoms with E-state index in [0.717, 1.165) is 0 Å². The van der Waals surface area contributed by atoms with E-state index in [9.17, 15) is 0 Å². The SMILES string of the molecule is CNc1cc(C(C)C)cc(C(C)C)c1C. The maximum atomic E-state index is 3.29. The van der Waals surface area contributed by atoms with Gasteiger partial charge in [-0.2, -0.15) is 0 Å². The third kappa shape index (κ3) is 2.53. The van der Waals surface area contributed by atoms with Gasteiger partial charge < -0.3 is 5.32 Å². The van der Waals surface area contributed by atoms with E-state index in [-0.39, 0.29) is 0 Å². The van der Waals surface area contributed by atoms with Gasteiger partial charge in [-0.3, -0.25) is 0 Å². The van der Waals surface area contributed by atoms with Gasteiger partial charge in [0.15, 0.2) is 0 Å². The molecule has 0 aliphatic carbocycles. The summed E-state index contributed by atoms with van der Waals surface area (Å²) in [5.74, 6) is 1.19. The highest BCUT2D eigenvalue weighted by Gasteiger charge is 2.10. The molecule has 0 atom stereocenters. The molecule has 1 nitrogen and oxygen atoms in total. The zero-order valence-electron chi connectivity index (χ0n) is 10.8. The Bertz CT molecular complexity index is 337. The number of rotatable bonds is 3. The molecule has 0 saturated carbocycles.